The van der Waals surface area contributed by atoms with E-state index in [0.29, 0.717) is 17.8 Å². The predicted octanol–water partition coefficient (Wildman–Crippen LogP) is 8.11. The van der Waals surface area contributed by atoms with Crippen molar-refractivity contribution in [2.75, 3.05) is 12.5 Å². The van der Waals surface area contributed by atoms with E-state index in [2.05, 4.69) is 96.5 Å². The van der Waals surface area contributed by atoms with Crippen molar-refractivity contribution in [1.29, 1.82) is 0 Å². The largest absolute Gasteiger partial charge is 0.217 e. The Bertz CT molecular complexity index is 769. The summed E-state index contributed by atoms with van der Waals surface area (Å²) in [5.41, 5.74) is 6.39. The van der Waals surface area contributed by atoms with E-state index in [9.17, 15) is 0 Å². The zero-order chi connectivity index (χ0) is 20.6. The second kappa shape index (κ2) is 8.27. The zero-order valence-electron chi connectivity index (χ0n) is 19.3. The van der Waals surface area contributed by atoms with Crippen LogP contribution in [0.15, 0.2) is 47.4 Å². The molecule has 3 rings (SSSR count). The first-order valence-electron chi connectivity index (χ1n) is 11.1. The van der Waals surface area contributed by atoms with E-state index in [1.165, 1.54) is 18.4 Å². The fourth-order valence-electron chi connectivity index (χ4n) is 4.71. The summed E-state index contributed by atoms with van der Waals surface area (Å²) in [5.74, 6) is 2.64. The Balaban J connectivity index is 1.91. The van der Waals surface area contributed by atoms with Crippen LogP contribution < -0.4 is 0 Å². The van der Waals surface area contributed by atoms with Crippen molar-refractivity contribution in [3.63, 3.8) is 0 Å². The first-order chi connectivity index (χ1) is 13.1. The van der Waals surface area contributed by atoms with Crippen molar-refractivity contribution >= 4 is 10.0 Å². The first-order valence-corrected chi connectivity index (χ1v) is 13.6. The van der Waals surface area contributed by atoms with E-state index in [1.807, 2.05) is 0 Å². The molecule has 0 N–H and O–H groups in total. The first kappa shape index (κ1) is 21.5. The van der Waals surface area contributed by atoms with Gasteiger partial charge >= 0.3 is 0 Å². The molecule has 0 spiro atoms. The van der Waals surface area contributed by atoms with Gasteiger partial charge in [0.1, 0.15) is 0 Å². The third-order valence-electron chi connectivity index (χ3n) is 6.68. The maximum Gasteiger partial charge on any atom is -0.00434 e. The summed E-state index contributed by atoms with van der Waals surface area (Å²) in [7, 11) is -0.723. The molecule has 1 aliphatic rings. The van der Waals surface area contributed by atoms with Crippen LogP contribution in [0, 0.1) is 5.92 Å². The van der Waals surface area contributed by atoms with Gasteiger partial charge in [0, 0.05) is 0 Å². The van der Waals surface area contributed by atoms with Crippen LogP contribution in [0.5, 0.6) is 0 Å². The lowest BCUT2D eigenvalue weighted by atomic mass is 9.82. The van der Waals surface area contributed by atoms with Crippen molar-refractivity contribution in [3.8, 4) is 0 Å². The standard InChI is InChI=1S/C27H40S/c1-18(2)21-14-24(19(3)4)26(25(15-21)20(5)6)16-22-17-27(22)28(7,8)23-12-10-9-11-13-23/h9-15,18-20,22,27H,16-17H2,1-8H3/t22-,27-/m0/s1. The van der Waals surface area contributed by atoms with Gasteiger partial charge in [-0.1, -0.05) is 84.0 Å². The molecule has 0 unspecified atom stereocenters. The Morgan fingerprint density at radius 3 is 1.82 bits per heavy atom. The monoisotopic (exact) mass is 396 g/mol. The number of rotatable bonds is 7. The average molecular weight is 397 g/mol. The van der Waals surface area contributed by atoms with Crippen molar-refractivity contribution in [3.05, 3.63) is 64.7 Å². The molecule has 1 aliphatic carbocycles. The van der Waals surface area contributed by atoms with E-state index in [-0.39, 0.29) is 0 Å². The topological polar surface area (TPSA) is 0 Å². The van der Waals surface area contributed by atoms with E-state index in [4.69, 9.17) is 0 Å². The van der Waals surface area contributed by atoms with Gasteiger partial charge in [-0.25, -0.2) is 10.0 Å². The minimum atomic E-state index is -0.723. The second-order valence-electron chi connectivity index (χ2n) is 10.1. The molecule has 1 saturated carbocycles. The highest BCUT2D eigenvalue weighted by molar-refractivity contribution is 8.33. The fraction of sp³-hybridized carbons (Fsp3) is 0.556. The van der Waals surface area contributed by atoms with E-state index >= 15 is 0 Å². The molecule has 2 aromatic rings. The lowest BCUT2D eigenvalue weighted by molar-refractivity contribution is 0.739. The highest BCUT2D eigenvalue weighted by Crippen LogP contribution is 2.65. The van der Waals surface area contributed by atoms with Gasteiger partial charge in [0.2, 0.25) is 0 Å². The summed E-state index contributed by atoms with van der Waals surface area (Å²) in [6.45, 7) is 14.1. The van der Waals surface area contributed by atoms with Crippen LogP contribution in [0.4, 0.5) is 0 Å². The van der Waals surface area contributed by atoms with Gasteiger partial charge in [-0.05, 0) is 81.4 Å². The molecule has 0 nitrogen and oxygen atoms in total. The summed E-state index contributed by atoms with van der Waals surface area (Å²) < 4.78 is 0. The normalized spacial score (nSPS) is 20.2. The fourth-order valence-corrected chi connectivity index (χ4v) is 7.70. The minimum absolute atomic E-state index is 0.595. The molecular weight excluding hydrogens is 356 g/mol. The molecule has 0 bridgehead atoms. The maximum atomic E-state index is 2.53. The lowest BCUT2D eigenvalue weighted by Crippen LogP contribution is -2.10. The van der Waals surface area contributed by atoms with Gasteiger partial charge in [0.05, 0.1) is 0 Å². The third kappa shape index (κ3) is 4.35. The van der Waals surface area contributed by atoms with Crippen LogP contribution in [0.1, 0.15) is 88.0 Å². The molecule has 0 saturated heterocycles. The molecule has 154 valence electrons. The highest BCUT2D eigenvalue weighted by atomic mass is 32.3. The Morgan fingerprint density at radius 1 is 0.821 bits per heavy atom. The summed E-state index contributed by atoms with van der Waals surface area (Å²) >= 11 is 0. The second-order valence-corrected chi connectivity index (χ2v) is 14.0. The van der Waals surface area contributed by atoms with Crippen molar-refractivity contribution in [2.45, 2.75) is 82.3 Å². The molecule has 0 aliphatic heterocycles. The molecule has 2 aromatic carbocycles. The van der Waals surface area contributed by atoms with Crippen molar-refractivity contribution in [2.24, 2.45) is 5.92 Å². The number of hydrogen-bond donors (Lipinski definition) is 0. The van der Waals surface area contributed by atoms with Gasteiger partial charge in [0.15, 0.2) is 0 Å². The molecule has 0 heterocycles. The van der Waals surface area contributed by atoms with E-state index in [1.54, 1.807) is 21.6 Å². The van der Waals surface area contributed by atoms with Crippen molar-refractivity contribution in [1.82, 2.24) is 0 Å². The molecule has 1 heteroatoms. The van der Waals surface area contributed by atoms with Crippen LogP contribution in [0.3, 0.4) is 0 Å². The molecule has 2 atom stereocenters. The SMILES string of the molecule is CC(C)c1cc(C(C)C)c(C[C@H]2C[C@@H]2S(C)(C)c2ccccc2)c(C(C)C)c1. The Kier molecular flexibility index (Phi) is 6.35. The average Bonchev–Trinajstić information content (AvgIpc) is 3.42. The third-order valence-corrected chi connectivity index (χ3v) is 10.3. The molecule has 0 amide bonds. The zero-order valence-corrected chi connectivity index (χ0v) is 20.1. The predicted molar refractivity (Wildman–Crippen MR) is 128 cm³/mol. The molecule has 1 fully saturated rings. The summed E-state index contributed by atoms with van der Waals surface area (Å²) in [4.78, 5) is 1.57. The van der Waals surface area contributed by atoms with E-state index in [0.717, 1.165) is 11.2 Å². The molecule has 28 heavy (non-hydrogen) atoms. The molecule has 0 aromatic heterocycles. The van der Waals surface area contributed by atoms with Gasteiger partial charge in [-0.2, -0.15) is 0 Å². The van der Waals surface area contributed by atoms with Gasteiger partial charge in [-0.3, -0.25) is 0 Å². The quantitative estimate of drug-likeness (QED) is 0.443. The molecule has 0 radical (unpaired) electrons. The van der Waals surface area contributed by atoms with E-state index < -0.39 is 10.0 Å². The molecular formula is C27H40S. The minimum Gasteiger partial charge on any atom is -0.217 e. The maximum absolute atomic E-state index is 2.53. The summed E-state index contributed by atoms with van der Waals surface area (Å²) in [6.07, 6.45) is 7.73. The summed E-state index contributed by atoms with van der Waals surface area (Å²) in [6, 6.07) is 16.3. The Morgan fingerprint density at radius 2 is 1.36 bits per heavy atom. The lowest BCUT2D eigenvalue weighted by Gasteiger charge is -2.33. The van der Waals surface area contributed by atoms with Crippen LogP contribution in [0.25, 0.3) is 0 Å². The number of benzene rings is 2. The highest BCUT2D eigenvalue weighted by Gasteiger charge is 2.46. The summed E-state index contributed by atoms with van der Waals surface area (Å²) in [5, 5.41) is 0.875. The van der Waals surface area contributed by atoms with Crippen LogP contribution in [-0.4, -0.2) is 17.8 Å². The smallest absolute Gasteiger partial charge is 0.00434 e. The van der Waals surface area contributed by atoms with Crippen LogP contribution >= 0.6 is 10.0 Å². The van der Waals surface area contributed by atoms with Gasteiger partial charge in [0.25, 0.3) is 0 Å². The van der Waals surface area contributed by atoms with Gasteiger partial charge in [-0.15, -0.1) is 0 Å². The van der Waals surface area contributed by atoms with Crippen LogP contribution in [0.2, 0.25) is 0 Å². The Labute approximate surface area is 175 Å². The van der Waals surface area contributed by atoms with Crippen LogP contribution in [-0.2, 0) is 6.42 Å². The van der Waals surface area contributed by atoms with Crippen molar-refractivity contribution < 1.29 is 0 Å². The Hall–Kier alpha value is -1.21. The van der Waals surface area contributed by atoms with Gasteiger partial charge < -0.3 is 0 Å². The number of hydrogen-bond acceptors (Lipinski definition) is 0.